The van der Waals surface area contributed by atoms with Gasteiger partial charge in [0.1, 0.15) is 5.82 Å². The highest BCUT2D eigenvalue weighted by molar-refractivity contribution is 7.23. The number of rotatable bonds is 6. The van der Waals surface area contributed by atoms with Gasteiger partial charge in [0.25, 0.3) is 5.91 Å². The molecule has 0 bridgehead atoms. The number of benzene rings is 2. The minimum atomic E-state index is -0.517. The molecule has 4 rings (SSSR count). The van der Waals surface area contributed by atoms with Crippen LogP contribution in [0.25, 0.3) is 26.4 Å². The van der Waals surface area contributed by atoms with Gasteiger partial charge >= 0.3 is 0 Å². The number of imidazole rings is 1. The molecule has 0 radical (unpaired) electrons. The third-order valence-electron chi connectivity index (χ3n) is 4.96. The smallest absolute Gasteiger partial charge is 0.251 e. The lowest BCUT2D eigenvalue weighted by molar-refractivity contribution is 0.0961. The first-order chi connectivity index (χ1) is 14.4. The molecule has 2 aromatic carbocycles. The number of thiazole rings is 1. The van der Waals surface area contributed by atoms with E-state index in [9.17, 15) is 14.0 Å². The number of halogens is 2. The Hall–Kier alpha value is -3.01. The van der Waals surface area contributed by atoms with Crippen LogP contribution in [0.15, 0.2) is 36.4 Å². The molecule has 4 aromatic rings. The number of primary amides is 1. The van der Waals surface area contributed by atoms with E-state index in [2.05, 4.69) is 10.3 Å². The number of fused-ring (bicyclic) bond motifs is 3. The van der Waals surface area contributed by atoms with Crippen LogP contribution in [0.2, 0.25) is 0 Å². The SMILES string of the molecule is CNC(=O)c1ccc(-c2nc3sc4cc(C(N)=O)ccc4n3c2CCCN)c(F)c1.Cl. The quantitative estimate of drug-likeness (QED) is 0.409. The second-order valence-electron chi connectivity index (χ2n) is 6.84. The highest BCUT2D eigenvalue weighted by atomic mass is 35.5. The zero-order valence-electron chi connectivity index (χ0n) is 16.6. The van der Waals surface area contributed by atoms with Crippen molar-refractivity contribution in [2.75, 3.05) is 13.6 Å². The molecular weight excluding hydrogens is 441 g/mol. The topological polar surface area (TPSA) is 116 Å². The normalized spacial score (nSPS) is 10.9. The summed E-state index contributed by atoms with van der Waals surface area (Å²) in [6, 6.07) is 9.59. The molecule has 0 aliphatic heterocycles. The minimum absolute atomic E-state index is 0. The van der Waals surface area contributed by atoms with Gasteiger partial charge in [0.15, 0.2) is 4.96 Å². The average molecular weight is 462 g/mol. The molecule has 162 valence electrons. The largest absolute Gasteiger partial charge is 0.366 e. The third-order valence-corrected chi connectivity index (χ3v) is 5.96. The van der Waals surface area contributed by atoms with E-state index >= 15 is 0 Å². The fourth-order valence-electron chi connectivity index (χ4n) is 3.49. The second kappa shape index (κ2) is 9.01. The fraction of sp³-hybridized carbons (Fsp3) is 0.190. The molecule has 0 unspecified atom stereocenters. The van der Waals surface area contributed by atoms with E-state index in [4.69, 9.17) is 11.5 Å². The summed E-state index contributed by atoms with van der Waals surface area (Å²) in [5.74, 6) is -1.37. The van der Waals surface area contributed by atoms with Crippen molar-refractivity contribution in [2.24, 2.45) is 11.5 Å². The van der Waals surface area contributed by atoms with E-state index in [-0.39, 0.29) is 23.9 Å². The Balaban J connectivity index is 0.00000272. The molecule has 2 amide bonds. The standard InChI is InChI=1S/C21H20FN5O2S.ClH/c1-25-20(29)12-4-6-13(14(22)9-12)18-16(3-2-8-23)27-15-7-5-11(19(24)28)10-17(15)30-21(27)26-18;/h4-7,9-10H,2-3,8,23H2,1H3,(H2,24,28)(H,25,29);1H. The van der Waals surface area contributed by atoms with Crippen molar-refractivity contribution in [1.82, 2.24) is 14.7 Å². The van der Waals surface area contributed by atoms with Crippen molar-refractivity contribution < 1.29 is 14.0 Å². The van der Waals surface area contributed by atoms with Crippen molar-refractivity contribution in [3.05, 3.63) is 59.0 Å². The van der Waals surface area contributed by atoms with Gasteiger partial charge in [-0.1, -0.05) is 11.3 Å². The number of nitrogens with zero attached hydrogens (tertiary/aromatic N) is 2. The molecule has 0 spiro atoms. The van der Waals surface area contributed by atoms with Crippen LogP contribution in [0.5, 0.6) is 0 Å². The lowest BCUT2D eigenvalue weighted by atomic mass is 10.0. The molecule has 2 heterocycles. The molecule has 0 atom stereocenters. The Kier molecular flexibility index (Phi) is 6.59. The lowest BCUT2D eigenvalue weighted by Crippen LogP contribution is -2.17. The van der Waals surface area contributed by atoms with Crippen LogP contribution in [0.1, 0.15) is 32.8 Å². The van der Waals surface area contributed by atoms with E-state index in [0.29, 0.717) is 41.2 Å². The minimum Gasteiger partial charge on any atom is -0.366 e. The van der Waals surface area contributed by atoms with Crippen LogP contribution in [0.3, 0.4) is 0 Å². The molecule has 10 heteroatoms. The molecule has 7 nitrogen and oxygen atoms in total. The zero-order valence-corrected chi connectivity index (χ0v) is 18.3. The Bertz CT molecular complexity index is 1300. The lowest BCUT2D eigenvalue weighted by Gasteiger charge is -2.08. The fourth-order valence-corrected chi connectivity index (χ4v) is 4.57. The van der Waals surface area contributed by atoms with E-state index in [1.807, 2.05) is 10.5 Å². The van der Waals surface area contributed by atoms with E-state index < -0.39 is 11.7 Å². The highest BCUT2D eigenvalue weighted by Gasteiger charge is 2.21. The number of amides is 2. The number of aryl methyl sites for hydroxylation is 1. The maximum atomic E-state index is 14.9. The molecule has 0 aliphatic rings. The molecule has 2 aromatic heterocycles. The third kappa shape index (κ3) is 3.99. The van der Waals surface area contributed by atoms with Gasteiger partial charge in [-0.2, -0.15) is 0 Å². The zero-order chi connectivity index (χ0) is 21.4. The van der Waals surface area contributed by atoms with Crippen LogP contribution >= 0.6 is 23.7 Å². The summed E-state index contributed by atoms with van der Waals surface area (Å²) in [7, 11) is 1.50. The molecule has 5 N–H and O–H groups in total. The highest BCUT2D eigenvalue weighted by Crippen LogP contribution is 2.35. The Labute approximate surface area is 187 Å². The summed E-state index contributed by atoms with van der Waals surface area (Å²) in [5.41, 5.74) is 14.3. The Morgan fingerprint density at radius 1 is 1.19 bits per heavy atom. The summed E-state index contributed by atoms with van der Waals surface area (Å²) in [6.45, 7) is 0.485. The molecule has 0 aliphatic carbocycles. The maximum Gasteiger partial charge on any atom is 0.251 e. The first-order valence-electron chi connectivity index (χ1n) is 9.40. The van der Waals surface area contributed by atoms with Crippen LogP contribution in [-0.2, 0) is 6.42 Å². The Morgan fingerprint density at radius 2 is 1.94 bits per heavy atom. The number of hydrogen-bond donors (Lipinski definition) is 3. The monoisotopic (exact) mass is 461 g/mol. The van der Waals surface area contributed by atoms with E-state index in [0.717, 1.165) is 15.9 Å². The van der Waals surface area contributed by atoms with Gasteiger partial charge in [0.2, 0.25) is 5.91 Å². The number of nitrogens with two attached hydrogens (primary N) is 2. The van der Waals surface area contributed by atoms with Gasteiger partial charge in [-0.05, 0) is 55.8 Å². The maximum absolute atomic E-state index is 14.9. The van der Waals surface area contributed by atoms with Gasteiger partial charge < -0.3 is 16.8 Å². The summed E-state index contributed by atoms with van der Waals surface area (Å²) in [4.78, 5) is 28.7. The van der Waals surface area contributed by atoms with Gasteiger partial charge in [-0.25, -0.2) is 9.37 Å². The molecular formula is C21H21ClFN5O2S. The predicted octanol–water partition coefficient (Wildman–Crippen LogP) is 3.13. The van der Waals surface area contributed by atoms with E-state index in [1.165, 1.54) is 24.5 Å². The van der Waals surface area contributed by atoms with Crippen molar-refractivity contribution in [3.8, 4) is 11.3 Å². The van der Waals surface area contributed by atoms with Crippen LogP contribution in [0, 0.1) is 5.82 Å². The van der Waals surface area contributed by atoms with Crippen LogP contribution < -0.4 is 16.8 Å². The molecule has 0 saturated heterocycles. The first kappa shape index (κ1) is 22.7. The summed E-state index contributed by atoms with van der Waals surface area (Å²) in [5, 5.41) is 2.49. The van der Waals surface area contributed by atoms with Crippen molar-refractivity contribution in [3.63, 3.8) is 0 Å². The summed E-state index contributed by atoms with van der Waals surface area (Å²) < 4.78 is 17.8. The number of carbonyl (C=O) groups is 2. The van der Waals surface area contributed by atoms with E-state index in [1.54, 1.807) is 24.3 Å². The van der Waals surface area contributed by atoms with Crippen molar-refractivity contribution >= 4 is 50.7 Å². The number of carbonyl (C=O) groups excluding carboxylic acids is 2. The van der Waals surface area contributed by atoms with Gasteiger partial charge in [-0.3, -0.25) is 14.0 Å². The van der Waals surface area contributed by atoms with Crippen molar-refractivity contribution in [1.29, 1.82) is 0 Å². The number of nitrogens with one attached hydrogen (secondary N) is 1. The second-order valence-corrected chi connectivity index (χ2v) is 7.85. The number of aromatic nitrogens is 2. The molecule has 0 fully saturated rings. The van der Waals surface area contributed by atoms with Crippen LogP contribution in [0.4, 0.5) is 4.39 Å². The van der Waals surface area contributed by atoms with Crippen molar-refractivity contribution in [2.45, 2.75) is 12.8 Å². The first-order valence-corrected chi connectivity index (χ1v) is 10.2. The van der Waals surface area contributed by atoms with Gasteiger partial charge in [0.05, 0.1) is 21.6 Å². The van der Waals surface area contributed by atoms with Gasteiger partial charge in [-0.15, -0.1) is 12.4 Å². The van der Waals surface area contributed by atoms with Gasteiger partial charge in [0, 0.05) is 23.7 Å². The summed E-state index contributed by atoms with van der Waals surface area (Å²) >= 11 is 1.40. The van der Waals surface area contributed by atoms with Crippen LogP contribution in [-0.4, -0.2) is 34.8 Å². The Morgan fingerprint density at radius 3 is 2.58 bits per heavy atom. The number of hydrogen-bond acceptors (Lipinski definition) is 5. The molecule has 31 heavy (non-hydrogen) atoms. The average Bonchev–Trinajstić information content (AvgIpc) is 3.26. The summed E-state index contributed by atoms with van der Waals surface area (Å²) in [6.07, 6.45) is 1.31. The predicted molar refractivity (Wildman–Crippen MR) is 123 cm³/mol. The molecule has 0 saturated carbocycles.